The third-order valence-corrected chi connectivity index (χ3v) is 5.89. The number of rotatable bonds is 6. The Morgan fingerprint density at radius 3 is 2.22 bits per heavy atom. The van der Waals surface area contributed by atoms with Crippen molar-refractivity contribution in [3.8, 4) is 5.88 Å². The van der Waals surface area contributed by atoms with Crippen LogP contribution in [0.1, 0.15) is 27.8 Å². The lowest BCUT2D eigenvalue weighted by Gasteiger charge is -2.16. The summed E-state index contributed by atoms with van der Waals surface area (Å²) in [4.78, 5) is 3.92. The Bertz CT molecular complexity index is 915. The molecule has 0 amide bonds. The van der Waals surface area contributed by atoms with Crippen LogP contribution in [-0.2, 0) is 16.6 Å². The fraction of sp³-hybridized carbons (Fsp3) is 0.389. The van der Waals surface area contributed by atoms with Crippen LogP contribution in [0.25, 0.3) is 0 Å². The fourth-order valence-electron chi connectivity index (χ4n) is 2.63. The van der Waals surface area contributed by atoms with Gasteiger partial charge >= 0.3 is 6.18 Å². The third-order valence-electron chi connectivity index (χ3n) is 4.22. The molecule has 0 unspecified atom stereocenters. The highest BCUT2D eigenvalue weighted by molar-refractivity contribution is 7.89. The number of alkyl halides is 3. The average molecular weight is 402 g/mol. The Labute approximate surface area is 156 Å². The zero-order valence-corrected chi connectivity index (χ0v) is 16.3. The topological polar surface area (TPSA) is 68.3 Å². The van der Waals surface area contributed by atoms with Gasteiger partial charge in [-0.2, -0.15) is 13.2 Å². The number of hydrogen-bond acceptors (Lipinski definition) is 4. The van der Waals surface area contributed by atoms with Crippen molar-refractivity contribution in [2.45, 2.75) is 45.3 Å². The Balaban J connectivity index is 2.19. The minimum Gasteiger partial charge on any atom is -0.468 e. The molecule has 0 aliphatic carbocycles. The minimum atomic E-state index is -4.47. The van der Waals surface area contributed by atoms with Crippen molar-refractivity contribution in [2.75, 3.05) is 6.61 Å². The molecule has 0 fully saturated rings. The summed E-state index contributed by atoms with van der Waals surface area (Å²) in [6, 6.07) is 4.70. The fourth-order valence-corrected chi connectivity index (χ4v) is 4.26. The molecule has 1 aromatic heterocycles. The molecule has 9 heteroatoms. The summed E-state index contributed by atoms with van der Waals surface area (Å²) >= 11 is 0. The maximum Gasteiger partial charge on any atom is 0.422 e. The Hall–Kier alpha value is -2.13. The lowest BCUT2D eigenvalue weighted by Crippen LogP contribution is -2.25. The van der Waals surface area contributed by atoms with Gasteiger partial charge in [0.25, 0.3) is 0 Å². The highest BCUT2D eigenvalue weighted by Gasteiger charge is 2.28. The van der Waals surface area contributed by atoms with Gasteiger partial charge in [0.2, 0.25) is 15.9 Å². The van der Waals surface area contributed by atoms with Crippen molar-refractivity contribution < 1.29 is 26.3 Å². The second kappa shape index (κ2) is 7.85. The van der Waals surface area contributed by atoms with Gasteiger partial charge in [0.05, 0.1) is 4.90 Å². The summed E-state index contributed by atoms with van der Waals surface area (Å²) in [5.74, 6) is -0.220. The van der Waals surface area contributed by atoms with E-state index in [1.54, 1.807) is 13.8 Å². The van der Waals surface area contributed by atoms with Crippen LogP contribution in [0.15, 0.2) is 29.3 Å². The van der Waals surface area contributed by atoms with Crippen LogP contribution < -0.4 is 9.46 Å². The summed E-state index contributed by atoms with van der Waals surface area (Å²) in [6.07, 6.45) is -3.21. The molecule has 0 saturated carbocycles. The van der Waals surface area contributed by atoms with Crippen molar-refractivity contribution in [1.82, 2.24) is 9.71 Å². The SMILES string of the molecule is Cc1cc(C)c(C)c(S(=O)(=O)NCc2ccnc(OCC(F)(F)F)c2)c1C. The second-order valence-electron chi connectivity index (χ2n) is 6.32. The summed E-state index contributed by atoms with van der Waals surface area (Å²) < 4.78 is 69.3. The van der Waals surface area contributed by atoms with E-state index in [4.69, 9.17) is 0 Å². The van der Waals surface area contributed by atoms with Gasteiger partial charge in [-0.15, -0.1) is 0 Å². The number of ether oxygens (including phenoxy) is 1. The number of nitrogens with zero attached hydrogens (tertiary/aromatic N) is 1. The van der Waals surface area contributed by atoms with Gasteiger partial charge in [-0.05, 0) is 61.6 Å². The van der Waals surface area contributed by atoms with E-state index < -0.39 is 22.8 Å². The second-order valence-corrected chi connectivity index (χ2v) is 8.02. The monoisotopic (exact) mass is 402 g/mol. The molecule has 148 valence electrons. The van der Waals surface area contributed by atoms with Crippen molar-refractivity contribution in [2.24, 2.45) is 0 Å². The van der Waals surface area contributed by atoms with Crippen LogP contribution in [0.5, 0.6) is 5.88 Å². The lowest BCUT2D eigenvalue weighted by atomic mass is 10.0. The number of aromatic nitrogens is 1. The Kier molecular flexibility index (Phi) is 6.16. The van der Waals surface area contributed by atoms with Crippen LogP contribution in [0, 0.1) is 27.7 Å². The number of halogens is 3. The zero-order valence-electron chi connectivity index (χ0n) is 15.4. The minimum absolute atomic E-state index is 0.0981. The van der Waals surface area contributed by atoms with Crippen molar-refractivity contribution >= 4 is 10.0 Å². The first kappa shape index (κ1) is 21.2. The molecule has 2 aromatic rings. The summed E-state index contributed by atoms with van der Waals surface area (Å²) in [6.45, 7) is 5.61. The summed E-state index contributed by atoms with van der Waals surface area (Å²) in [7, 11) is -3.80. The first-order valence-electron chi connectivity index (χ1n) is 8.12. The van der Waals surface area contributed by atoms with Gasteiger partial charge in [0.15, 0.2) is 6.61 Å². The number of hydrogen-bond donors (Lipinski definition) is 1. The largest absolute Gasteiger partial charge is 0.468 e. The van der Waals surface area contributed by atoms with Crippen LogP contribution in [0.4, 0.5) is 13.2 Å². The predicted octanol–water partition coefficient (Wildman–Crippen LogP) is 3.73. The number of pyridine rings is 1. The van der Waals surface area contributed by atoms with Gasteiger partial charge in [-0.1, -0.05) is 6.07 Å². The van der Waals surface area contributed by atoms with Gasteiger partial charge in [-0.25, -0.2) is 18.1 Å². The van der Waals surface area contributed by atoms with E-state index in [-0.39, 0.29) is 17.3 Å². The van der Waals surface area contributed by atoms with Crippen LogP contribution >= 0.6 is 0 Å². The third kappa shape index (κ3) is 5.43. The maximum absolute atomic E-state index is 12.8. The molecule has 1 N–H and O–H groups in total. The quantitative estimate of drug-likeness (QED) is 0.799. The van der Waals surface area contributed by atoms with E-state index in [1.807, 2.05) is 19.9 Å². The van der Waals surface area contributed by atoms with Gasteiger partial charge in [-0.3, -0.25) is 0 Å². The van der Waals surface area contributed by atoms with Crippen molar-refractivity contribution in [1.29, 1.82) is 0 Å². The highest BCUT2D eigenvalue weighted by Crippen LogP contribution is 2.26. The number of benzene rings is 1. The molecule has 0 spiro atoms. The van der Waals surface area contributed by atoms with Crippen molar-refractivity contribution in [3.05, 3.63) is 52.2 Å². The standard InChI is InChI=1S/C18H21F3N2O3S/c1-11-7-12(2)14(4)17(13(11)3)27(24,25)23-9-15-5-6-22-16(8-15)26-10-18(19,20)21/h5-8,23H,9-10H2,1-4H3. The van der Waals surface area contributed by atoms with E-state index in [1.165, 1.54) is 18.3 Å². The van der Waals surface area contributed by atoms with Crippen LogP contribution in [0.3, 0.4) is 0 Å². The molecule has 0 bridgehead atoms. The molecule has 0 aliphatic heterocycles. The van der Waals surface area contributed by atoms with Crippen LogP contribution in [0.2, 0.25) is 0 Å². The van der Waals surface area contributed by atoms with Crippen molar-refractivity contribution in [3.63, 3.8) is 0 Å². The normalized spacial score (nSPS) is 12.3. The molecule has 5 nitrogen and oxygen atoms in total. The van der Waals surface area contributed by atoms with Gasteiger partial charge in [0.1, 0.15) is 0 Å². The molecule has 0 radical (unpaired) electrons. The molecule has 1 aromatic carbocycles. The Morgan fingerprint density at radius 1 is 1.07 bits per heavy atom. The zero-order chi connectivity index (χ0) is 20.4. The number of nitrogens with one attached hydrogen (secondary N) is 1. The summed E-state index contributed by atoms with van der Waals surface area (Å²) in [5.41, 5.74) is 3.49. The number of sulfonamides is 1. The van der Waals surface area contributed by atoms with E-state index >= 15 is 0 Å². The highest BCUT2D eigenvalue weighted by atomic mass is 32.2. The smallest absolute Gasteiger partial charge is 0.422 e. The molecular weight excluding hydrogens is 381 g/mol. The van der Waals surface area contributed by atoms with E-state index in [0.29, 0.717) is 16.7 Å². The van der Waals surface area contributed by atoms with Crippen LogP contribution in [-0.4, -0.2) is 26.2 Å². The lowest BCUT2D eigenvalue weighted by molar-refractivity contribution is -0.154. The Morgan fingerprint density at radius 2 is 1.67 bits per heavy atom. The van der Waals surface area contributed by atoms with Gasteiger partial charge in [0, 0.05) is 18.8 Å². The first-order valence-corrected chi connectivity index (χ1v) is 9.60. The molecule has 2 rings (SSSR count). The molecular formula is C18H21F3N2O3S. The van der Waals surface area contributed by atoms with E-state index in [2.05, 4.69) is 14.4 Å². The molecule has 1 heterocycles. The molecule has 27 heavy (non-hydrogen) atoms. The average Bonchev–Trinajstić information content (AvgIpc) is 2.56. The maximum atomic E-state index is 12.8. The predicted molar refractivity (Wildman–Crippen MR) is 95.2 cm³/mol. The molecule has 0 atom stereocenters. The van der Waals surface area contributed by atoms with E-state index in [9.17, 15) is 21.6 Å². The molecule has 0 aliphatic rings. The van der Waals surface area contributed by atoms with Gasteiger partial charge < -0.3 is 4.74 Å². The summed E-state index contributed by atoms with van der Waals surface area (Å²) in [5, 5.41) is 0. The number of aryl methyl sites for hydroxylation is 2. The molecule has 0 saturated heterocycles. The first-order chi connectivity index (χ1) is 12.4. The van der Waals surface area contributed by atoms with E-state index in [0.717, 1.165) is 11.1 Å².